The molecule has 0 N–H and O–H groups in total. The van der Waals surface area contributed by atoms with Crippen LogP contribution in [-0.4, -0.2) is 39.1 Å². The maximum Gasteiger partial charge on any atom is 0.240 e. The van der Waals surface area contributed by atoms with Gasteiger partial charge in [0.1, 0.15) is 4.75 Å². The summed E-state index contributed by atoms with van der Waals surface area (Å²) in [7, 11) is 1.88. The van der Waals surface area contributed by atoms with Gasteiger partial charge in [0.05, 0.1) is 19.3 Å². The van der Waals surface area contributed by atoms with Crippen LogP contribution in [-0.2, 0) is 18.5 Å². The van der Waals surface area contributed by atoms with Gasteiger partial charge in [-0.15, -0.1) is 0 Å². The molecule has 0 amide bonds. The summed E-state index contributed by atoms with van der Waals surface area (Å²) in [5.74, 6) is 0. The summed E-state index contributed by atoms with van der Waals surface area (Å²) in [5, 5.41) is 0. The van der Waals surface area contributed by atoms with Crippen LogP contribution in [0.2, 0.25) is 0 Å². The lowest BCUT2D eigenvalue weighted by molar-refractivity contribution is -0.0509. The molecule has 4 nitrogen and oxygen atoms in total. The normalized spacial score (nSPS) is 30.1. The van der Waals surface area contributed by atoms with Gasteiger partial charge in [-0.25, -0.2) is 8.42 Å². The van der Waals surface area contributed by atoms with E-state index in [1.165, 1.54) is 0 Å². The van der Waals surface area contributed by atoms with Gasteiger partial charge in [-0.2, -0.15) is 0 Å². The second-order valence-electron chi connectivity index (χ2n) is 4.27. The van der Waals surface area contributed by atoms with E-state index in [1.807, 2.05) is 0 Å². The molecule has 1 atom stereocenters. The van der Waals surface area contributed by atoms with Crippen molar-refractivity contribution in [2.75, 3.05) is 19.8 Å². The Kier molecular flexibility index (Phi) is 3.26. The van der Waals surface area contributed by atoms with Crippen molar-refractivity contribution in [2.45, 2.75) is 36.5 Å². The summed E-state index contributed by atoms with van der Waals surface area (Å²) >= 11 is 0. The zero-order chi connectivity index (χ0) is 10.9. The molecule has 6 heteroatoms. The number of hydrogen-bond donors (Lipinski definition) is 0. The SMILES string of the molecule is O=S(=O)(Cl)C1(COC2CCCOC2)CC1. The van der Waals surface area contributed by atoms with Gasteiger partial charge in [-0.1, -0.05) is 0 Å². The molecule has 0 aromatic rings. The van der Waals surface area contributed by atoms with E-state index in [1.54, 1.807) is 0 Å². The highest BCUT2D eigenvalue weighted by atomic mass is 35.7. The van der Waals surface area contributed by atoms with Crippen LogP contribution in [0.1, 0.15) is 25.7 Å². The molecule has 15 heavy (non-hydrogen) atoms. The van der Waals surface area contributed by atoms with Gasteiger partial charge in [0.2, 0.25) is 9.05 Å². The summed E-state index contributed by atoms with van der Waals surface area (Å²) < 4.78 is 32.5. The van der Waals surface area contributed by atoms with Crippen molar-refractivity contribution in [3.8, 4) is 0 Å². The molecule has 2 fully saturated rings. The summed E-state index contributed by atoms with van der Waals surface area (Å²) in [6.07, 6.45) is 3.19. The Bertz CT molecular complexity index is 317. The van der Waals surface area contributed by atoms with Crippen LogP contribution in [0.4, 0.5) is 0 Å². The van der Waals surface area contributed by atoms with Crippen molar-refractivity contribution in [1.29, 1.82) is 0 Å². The number of ether oxygens (including phenoxy) is 2. The minimum atomic E-state index is -3.49. The van der Waals surface area contributed by atoms with Crippen LogP contribution in [0.25, 0.3) is 0 Å². The van der Waals surface area contributed by atoms with Gasteiger partial charge < -0.3 is 9.47 Å². The standard InChI is InChI=1S/C9H15ClO4S/c10-15(11,12)9(3-4-9)7-14-8-2-1-5-13-6-8/h8H,1-7H2. The van der Waals surface area contributed by atoms with Gasteiger partial charge in [-0.05, 0) is 25.7 Å². The fourth-order valence-corrected chi connectivity index (χ4v) is 3.11. The first kappa shape index (κ1) is 11.6. The average Bonchev–Trinajstić information content (AvgIpc) is 2.96. The summed E-state index contributed by atoms with van der Waals surface area (Å²) in [5.41, 5.74) is 0. The Hall–Kier alpha value is 0.160. The van der Waals surface area contributed by atoms with Crippen LogP contribution in [0.15, 0.2) is 0 Å². The fourth-order valence-electron chi connectivity index (χ4n) is 1.71. The summed E-state index contributed by atoms with van der Waals surface area (Å²) in [4.78, 5) is 0. The zero-order valence-electron chi connectivity index (χ0n) is 8.45. The third-order valence-electron chi connectivity index (χ3n) is 3.03. The van der Waals surface area contributed by atoms with Crippen LogP contribution in [0.3, 0.4) is 0 Å². The van der Waals surface area contributed by atoms with E-state index in [0.29, 0.717) is 19.4 Å². The van der Waals surface area contributed by atoms with E-state index in [4.69, 9.17) is 20.2 Å². The Morgan fingerprint density at radius 2 is 2.20 bits per heavy atom. The van der Waals surface area contributed by atoms with E-state index < -0.39 is 13.8 Å². The number of rotatable bonds is 4. The Labute approximate surface area is 94.3 Å². The lowest BCUT2D eigenvalue weighted by Crippen LogP contribution is -2.32. The highest BCUT2D eigenvalue weighted by Crippen LogP contribution is 2.46. The minimum absolute atomic E-state index is 0.0367. The Balaban J connectivity index is 1.83. The van der Waals surface area contributed by atoms with Crippen LogP contribution in [0.5, 0.6) is 0 Å². The lowest BCUT2D eigenvalue weighted by Gasteiger charge is -2.24. The molecular weight excluding hydrogens is 240 g/mol. The third kappa shape index (κ3) is 2.64. The third-order valence-corrected chi connectivity index (χ3v) is 5.57. The first-order chi connectivity index (χ1) is 7.04. The number of halogens is 1. The molecule has 0 spiro atoms. The van der Waals surface area contributed by atoms with Crippen molar-refractivity contribution in [1.82, 2.24) is 0 Å². The molecule has 1 heterocycles. The first-order valence-electron chi connectivity index (χ1n) is 5.17. The summed E-state index contributed by atoms with van der Waals surface area (Å²) in [6, 6.07) is 0. The summed E-state index contributed by atoms with van der Waals surface area (Å²) in [6.45, 7) is 1.56. The Morgan fingerprint density at radius 3 is 2.67 bits per heavy atom. The minimum Gasteiger partial charge on any atom is -0.379 e. The topological polar surface area (TPSA) is 52.6 Å². The molecule has 1 unspecified atom stereocenters. The van der Waals surface area contributed by atoms with Crippen LogP contribution >= 0.6 is 10.7 Å². The molecule has 1 saturated carbocycles. The molecule has 0 radical (unpaired) electrons. The van der Waals surface area contributed by atoms with E-state index in [0.717, 1.165) is 19.4 Å². The number of hydrogen-bond acceptors (Lipinski definition) is 4. The highest BCUT2D eigenvalue weighted by molar-refractivity contribution is 8.15. The first-order valence-corrected chi connectivity index (χ1v) is 7.48. The van der Waals surface area contributed by atoms with E-state index in [2.05, 4.69) is 0 Å². The molecule has 1 aliphatic carbocycles. The van der Waals surface area contributed by atoms with E-state index in [-0.39, 0.29) is 12.7 Å². The quantitative estimate of drug-likeness (QED) is 0.710. The van der Waals surface area contributed by atoms with E-state index in [9.17, 15) is 8.42 Å². The van der Waals surface area contributed by atoms with Crippen molar-refractivity contribution < 1.29 is 17.9 Å². The van der Waals surface area contributed by atoms with Gasteiger partial charge in [0.15, 0.2) is 0 Å². The predicted molar refractivity (Wildman–Crippen MR) is 56.5 cm³/mol. The molecule has 2 rings (SSSR count). The van der Waals surface area contributed by atoms with Gasteiger partial charge in [-0.3, -0.25) is 0 Å². The second kappa shape index (κ2) is 4.20. The smallest absolute Gasteiger partial charge is 0.240 e. The van der Waals surface area contributed by atoms with Gasteiger partial charge in [0, 0.05) is 17.3 Å². The van der Waals surface area contributed by atoms with E-state index >= 15 is 0 Å². The van der Waals surface area contributed by atoms with Crippen molar-refractivity contribution in [3.63, 3.8) is 0 Å². The average molecular weight is 255 g/mol. The maximum absolute atomic E-state index is 11.2. The molecule has 0 aromatic carbocycles. The van der Waals surface area contributed by atoms with Gasteiger partial charge >= 0.3 is 0 Å². The molecule has 1 aliphatic heterocycles. The maximum atomic E-state index is 11.2. The van der Waals surface area contributed by atoms with Crippen molar-refractivity contribution in [3.05, 3.63) is 0 Å². The molecule has 88 valence electrons. The highest BCUT2D eigenvalue weighted by Gasteiger charge is 2.54. The van der Waals surface area contributed by atoms with Crippen LogP contribution < -0.4 is 0 Å². The Morgan fingerprint density at radius 1 is 1.47 bits per heavy atom. The lowest BCUT2D eigenvalue weighted by atomic mass is 10.2. The van der Waals surface area contributed by atoms with Gasteiger partial charge in [0.25, 0.3) is 0 Å². The zero-order valence-corrected chi connectivity index (χ0v) is 10.0. The molecule has 0 bridgehead atoms. The molecule has 2 aliphatic rings. The molecular formula is C9H15ClO4S. The van der Waals surface area contributed by atoms with Crippen LogP contribution in [0, 0.1) is 0 Å². The second-order valence-corrected chi connectivity index (χ2v) is 7.23. The largest absolute Gasteiger partial charge is 0.379 e. The molecule has 0 aromatic heterocycles. The monoisotopic (exact) mass is 254 g/mol. The fraction of sp³-hybridized carbons (Fsp3) is 1.00. The van der Waals surface area contributed by atoms with Crippen molar-refractivity contribution in [2.24, 2.45) is 0 Å². The predicted octanol–water partition coefficient (Wildman–Crippen LogP) is 1.28. The molecule has 1 saturated heterocycles. The van der Waals surface area contributed by atoms with Crippen molar-refractivity contribution >= 4 is 19.7 Å².